The lowest BCUT2D eigenvalue weighted by Crippen LogP contribution is -2.04. The van der Waals surface area contributed by atoms with E-state index in [1.165, 1.54) is 0 Å². The molecule has 0 atom stereocenters. The average Bonchev–Trinajstić information content (AvgIpc) is 2.44. The van der Waals surface area contributed by atoms with E-state index in [4.69, 9.17) is 11.6 Å². The van der Waals surface area contributed by atoms with Gasteiger partial charge in [0.05, 0.1) is 15.3 Å². The molecule has 7 heteroatoms. The van der Waals surface area contributed by atoms with Crippen LogP contribution in [0.4, 0.5) is 13.2 Å². The number of halogens is 4. The lowest BCUT2D eigenvalue weighted by atomic mass is 10.2. The molecule has 1 heterocycles. The van der Waals surface area contributed by atoms with Gasteiger partial charge in [-0.05, 0) is 12.1 Å². The zero-order valence-electron chi connectivity index (χ0n) is 6.97. The van der Waals surface area contributed by atoms with Gasteiger partial charge in [0.2, 0.25) is 0 Å². The van der Waals surface area contributed by atoms with E-state index >= 15 is 0 Å². The van der Waals surface area contributed by atoms with E-state index in [1.54, 1.807) is 0 Å². The molecule has 1 nitrogen and oxygen atoms in total. The Labute approximate surface area is 97.3 Å². The van der Waals surface area contributed by atoms with Crippen LogP contribution in [0.5, 0.6) is 0 Å². The molecular formula is C8H3ClF3NS2. The van der Waals surface area contributed by atoms with Gasteiger partial charge in [0.1, 0.15) is 9.86 Å². The van der Waals surface area contributed by atoms with Crippen LogP contribution >= 0.6 is 35.6 Å². The first kappa shape index (κ1) is 11.0. The minimum atomic E-state index is -4.39. The standard InChI is InChI=1S/C8H3ClF3NS2/c9-4-1-3(8(10,11)12)2-5-6(4)13-7(14)15-5/h1-2H,(H,13,14). The smallest absolute Gasteiger partial charge is 0.228 e. The van der Waals surface area contributed by atoms with Gasteiger partial charge in [-0.1, -0.05) is 11.6 Å². The zero-order valence-corrected chi connectivity index (χ0v) is 9.44. The molecule has 2 aromatic rings. The molecule has 1 aromatic carbocycles. The summed E-state index contributed by atoms with van der Waals surface area (Å²) in [5, 5.41) is -0.00336. The predicted octanol–water partition coefficient (Wildman–Crippen LogP) is 4.26. The van der Waals surface area contributed by atoms with E-state index < -0.39 is 11.7 Å². The van der Waals surface area contributed by atoms with Crippen molar-refractivity contribution in [3.05, 3.63) is 22.7 Å². The van der Waals surface area contributed by atoms with Crippen molar-refractivity contribution in [1.29, 1.82) is 0 Å². The highest BCUT2D eigenvalue weighted by atomic mass is 35.5. The second-order valence-electron chi connectivity index (χ2n) is 2.80. The maximum Gasteiger partial charge on any atom is 0.416 e. The molecule has 1 aromatic heterocycles. The van der Waals surface area contributed by atoms with Crippen LogP contribution in [0.2, 0.25) is 5.02 Å². The van der Waals surface area contributed by atoms with Crippen molar-refractivity contribution in [1.82, 2.24) is 4.98 Å². The molecule has 80 valence electrons. The zero-order chi connectivity index (χ0) is 11.2. The number of aromatic nitrogens is 1. The van der Waals surface area contributed by atoms with E-state index in [-0.39, 0.29) is 5.02 Å². The Balaban J connectivity index is 2.72. The number of benzene rings is 1. The van der Waals surface area contributed by atoms with Gasteiger partial charge in [0.25, 0.3) is 0 Å². The minimum Gasteiger partial charge on any atom is -0.228 e. The summed E-state index contributed by atoms with van der Waals surface area (Å²) in [6.45, 7) is 0. The Bertz CT molecular complexity index is 520. The lowest BCUT2D eigenvalue weighted by Gasteiger charge is -2.06. The molecule has 0 aliphatic carbocycles. The first-order valence-electron chi connectivity index (χ1n) is 3.74. The van der Waals surface area contributed by atoms with Gasteiger partial charge >= 0.3 is 6.18 Å². The third-order valence-electron chi connectivity index (χ3n) is 1.76. The van der Waals surface area contributed by atoms with Crippen LogP contribution < -0.4 is 0 Å². The van der Waals surface area contributed by atoms with Crippen LogP contribution in [-0.4, -0.2) is 4.98 Å². The normalized spacial score (nSPS) is 12.3. The highest BCUT2D eigenvalue weighted by Crippen LogP contribution is 2.37. The number of thiol groups is 1. The monoisotopic (exact) mass is 269 g/mol. The number of rotatable bonds is 0. The SMILES string of the molecule is FC(F)(F)c1cc(Cl)c2nc(S)sc2c1. The molecule has 0 unspecified atom stereocenters. The van der Waals surface area contributed by atoms with Gasteiger partial charge < -0.3 is 0 Å². The number of nitrogens with zero attached hydrogens (tertiary/aromatic N) is 1. The highest BCUT2D eigenvalue weighted by Gasteiger charge is 2.31. The average molecular weight is 270 g/mol. The molecule has 0 amide bonds. The Morgan fingerprint density at radius 1 is 1.33 bits per heavy atom. The molecule has 0 spiro atoms. The number of alkyl halides is 3. The first-order chi connectivity index (χ1) is 6.88. The van der Waals surface area contributed by atoms with Gasteiger partial charge in [-0.2, -0.15) is 13.2 Å². The summed E-state index contributed by atoms with van der Waals surface area (Å²) in [7, 11) is 0. The van der Waals surface area contributed by atoms with Gasteiger partial charge in [-0.15, -0.1) is 24.0 Å². The molecule has 0 aliphatic rings. The number of thiazole rings is 1. The van der Waals surface area contributed by atoms with Crippen molar-refractivity contribution in [2.24, 2.45) is 0 Å². The van der Waals surface area contributed by atoms with Crippen molar-refractivity contribution >= 4 is 45.8 Å². The Hall–Kier alpha value is -0.460. The Kier molecular flexibility index (Phi) is 2.60. The second-order valence-corrected chi connectivity index (χ2v) is 4.96. The van der Waals surface area contributed by atoms with Crippen molar-refractivity contribution in [3.63, 3.8) is 0 Å². The van der Waals surface area contributed by atoms with Crippen LogP contribution in [-0.2, 0) is 6.18 Å². The van der Waals surface area contributed by atoms with E-state index in [9.17, 15) is 13.2 Å². The first-order valence-corrected chi connectivity index (χ1v) is 5.38. The Morgan fingerprint density at radius 2 is 2.00 bits per heavy atom. The summed E-state index contributed by atoms with van der Waals surface area (Å²) in [4.78, 5) is 3.92. The van der Waals surface area contributed by atoms with E-state index in [0.29, 0.717) is 14.6 Å². The third-order valence-corrected chi connectivity index (χ3v) is 3.23. The van der Waals surface area contributed by atoms with Crippen LogP contribution in [0.15, 0.2) is 16.5 Å². The van der Waals surface area contributed by atoms with Crippen LogP contribution in [0.1, 0.15) is 5.56 Å². The summed E-state index contributed by atoms with van der Waals surface area (Å²) >= 11 is 10.7. The molecule has 15 heavy (non-hydrogen) atoms. The van der Waals surface area contributed by atoms with E-state index in [0.717, 1.165) is 23.5 Å². The summed E-state index contributed by atoms with van der Waals surface area (Å²) in [6, 6.07) is 1.90. The largest absolute Gasteiger partial charge is 0.416 e. The number of hydrogen-bond acceptors (Lipinski definition) is 3. The summed E-state index contributed by atoms with van der Waals surface area (Å²) in [6.07, 6.45) is -4.39. The minimum absolute atomic E-state index is 0.00336. The lowest BCUT2D eigenvalue weighted by molar-refractivity contribution is -0.137. The fourth-order valence-corrected chi connectivity index (χ4v) is 2.63. The molecular weight excluding hydrogens is 267 g/mol. The fourth-order valence-electron chi connectivity index (χ4n) is 1.14. The topological polar surface area (TPSA) is 12.9 Å². The molecule has 0 radical (unpaired) electrons. The van der Waals surface area contributed by atoms with Gasteiger partial charge in [0, 0.05) is 0 Å². The van der Waals surface area contributed by atoms with Crippen molar-refractivity contribution < 1.29 is 13.2 Å². The summed E-state index contributed by atoms with van der Waals surface area (Å²) in [5.74, 6) is 0. The number of hydrogen-bond donors (Lipinski definition) is 1. The molecule has 0 bridgehead atoms. The second kappa shape index (κ2) is 3.54. The maximum atomic E-state index is 12.4. The highest BCUT2D eigenvalue weighted by molar-refractivity contribution is 7.82. The molecule has 0 aliphatic heterocycles. The van der Waals surface area contributed by atoms with Crippen LogP contribution in [0.25, 0.3) is 10.2 Å². The van der Waals surface area contributed by atoms with E-state index in [1.807, 2.05) is 0 Å². The predicted molar refractivity (Wildman–Crippen MR) is 56.9 cm³/mol. The number of fused-ring (bicyclic) bond motifs is 1. The van der Waals surface area contributed by atoms with Crippen molar-refractivity contribution in [2.75, 3.05) is 0 Å². The maximum absolute atomic E-state index is 12.4. The quantitative estimate of drug-likeness (QED) is 0.705. The van der Waals surface area contributed by atoms with Crippen molar-refractivity contribution in [3.8, 4) is 0 Å². The van der Waals surface area contributed by atoms with Gasteiger partial charge in [-0.25, -0.2) is 4.98 Å². The molecule has 0 N–H and O–H groups in total. The summed E-state index contributed by atoms with van der Waals surface area (Å²) in [5.41, 5.74) is -0.406. The van der Waals surface area contributed by atoms with Gasteiger partial charge in [-0.3, -0.25) is 0 Å². The molecule has 0 saturated heterocycles. The Morgan fingerprint density at radius 3 is 2.60 bits per heavy atom. The van der Waals surface area contributed by atoms with E-state index in [2.05, 4.69) is 17.6 Å². The van der Waals surface area contributed by atoms with Gasteiger partial charge in [0.15, 0.2) is 0 Å². The molecule has 0 saturated carbocycles. The third kappa shape index (κ3) is 2.07. The van der Waals surface area contributed by atoms with Crippen LogP contribution in [0, 0.1) is 0 Å². The fraction of sp³-hybridized carbons (Fsp3) is 0.125. The molecule has 0 fully saturated rings. The van der Waals surface area contributed by atoms with Crippen LogP contribution in [0.3, 0.4) is 0 Å². The van der Waals surface area contributed by atoms with Crippen molar-refractivity contribution in [2.45, 2.75) is 10.5 Å². The molecule has 2 rings (SSSR count). The summed E-state index contributed by atoms with van der Waals surface area (Å²) < 4.78 is 38.0.